The van der Waals surface area contributed by atoms with Crippen LogP contribution in [-0.2, 0) is 6.42 Å². The van der Waals surface area contributed by atoms with Crippen LogP contribution in [0.25, 0.3) is 10.8 Å². The van der Waals surface area contributed by atoms with Crippen LogP contribution in [0.2, 0.25) is 0 Å². The summed E-state index contributed by atoms with van der Waals surface area (Å²) in [6, 6.07) is 22.4. The first-order chi connectivity index (χ1) is 16.8. The number of hydrogen-bond donors (Lipinski definition) is 0. The molecule has 0 spiro atoms. The van der Waals surface area contributed by atoms with E-state index in [1.165, 1.54) is 16.3 Å². The average Bonchev–Trinajstić information content (AvgIpc) is 3.44. The van der Waals surface area contributed by atoms with E-state index >= 15 is 0 Å². The van der Waals surface area contributed by atoms with Crippen molar-refractivity contribution < 1.29 is 9.21 Å². The van der Waals surface area contributed by atoms with Gasteiger partial charge in [0.2, 0.25) is 0 Å². The van der Waals surface area contributed by atoms with E-state index in [-0.39, 0.29) is 11.9 Å². The molecule has 2 aliphatic rings. The average molecular weight is 453 g/mol. The maximum Gasteiger partial charge on any atom is 0.294 e. The second-order valence-electron chi connectivity index (χ2n) is 9.12. The zero-order chi connectivity index (χ0) is 22.9. The van der Waals surface area contributed by atoms with Gasteiger partial charge in [0.15, 0.2) is 5.76 Å². The van der Waals surface area contributed by atoms with Gasteiger partial charge in [-0.1, -0.05) is 42.5 Å². The number of piperazine rings is 1. The number of pyridine rings is 1. The highest BCUT2D eigenvalue weighted by atomic mass is 16.3. The van der Waals surface area contributed by atoms with E-state index in [0.717, 1.165) is 57.1 Å². The van der Waals surface area contributed by atoms with Gasteiger partial charge in [-0.15, -0.1) is 0 Å². The van der Waals surface area contributed by atoms with Crippen LogP contribution < -0.4 is 9.80 Å². The molecule has 6 nitrogen and oxygen atoms in total. The number of anilines is 2. The van der Waals surface area contributed by atoms with E-state index in [2.05, 4.69) is 58.3 Å². The predicted molar refractivity (Wildman–Crippen MR) is 134 cm³/mol. The van der Waals surface area contributed by atoms with Gasteiger partial charge >= 0.3 is 0 Å². The summed E-state index contributed by atoms with van der Waals surface area (Å²) in [5, 5.41) is 2.43. The number of furan rings is 1. The van der Waals surface area contributed by atoms with Crippen LogP contribution in [0.4, 0.5) is 11.5 Å². The molecule has 6 heteroatoms. The van der Waals surface area contributed by atoms with E-state index in [4.69, 9.17) is 9.40 Å². The van der Waals surface area contributed by atoms with Crippen molar-refractivity contribution in [3.05, 3.63) is 90.5 Å². The number of hydrogen-bond acceptors (Lipinski definition) is 5. The van der Waals surface area contributed by atoms with E-state index < -0.39 is 0 Å². The van der Waals surface area contributed by atoms with Crippen molar-refractivity contribution >= 4 is 28.2 Å². The van der Waals surface area contributed by atoms with Gasteiger partial charge in [-0.2, -0.15) is 0 Å². The number of nitrogens with zero attached hydrogens (tertiary/aromatic N) is 4. The SMILES string of the molecule is O=C(c1ccco1)N1c2ccccc2CCC1CN1CCN(c2nccc3ccccc23)CC1. The Hall–Kier alpha value is -3.64. The molecule has 4 aromatic rings. The Kier molecular flexibility index (Phi) is 5.51. The Balaban J connectivity index is 1.19. The van der Waals surface area contributed by atoms with Gasteiger partial charge in [0, 0.05) is 50.0 Å². The minimum Gasteiger partial charge on any atom is -0.459 e. The van der Waals surface area contributed by atoms with Crippen molar-refractivity contribution in [1.82, 2.24) is 9.88 Å². The fraction of sp³-hybridized carbons (Fsp3) is 0.286. The fourth-order valence-corrected chi connectivity index (χ4v) is 5.37. The van der Waals surface area contributed by atoms with Crippen molar-refractivity contribution in [1.29, 1.82) is 0 Å². The van der Waals surface area contributed by atoms with Crippen molar-refractivity contribution in [3.8, 4) is 0 Å². The minimum absolute atomic E-state index is 0.0549. The van der Waals surface area contributed by atoms with Gasteiger partial charge in [0.05, 0.1) is 12.3 Å². The molecular formula is C28H28N4O2. The number of carbonyl (C=O) groups excluding carboxylic acids is 1. The first-order valence-corrected chi connectivity index (χ1v) is 12.0. The molecular weight excluding hydrogens is 424 g/mol. The van der Waals surface area contributed by atoms with Crippen LogP contribution in [0.5, 0.6) is 0 Å². The molecule has 0 aliphatic carbocycles. The maximum absolute atomic E-state index is 13.4. The lowest BCUT2D eigenvalue weighted by Crippen LogP contribution is -2.54. The third-order valence-electron chi connectivity index (χ3n) is 7.11. The molecule has 2 aromatic heterocycles. The third kappa shape index (κ3) is 3.84. The van der Waals surface area contributed by atoms with Crippen LogP contribution in [0, 0.1) is 0 Å². The van der Waals surface area contributed by atoms with Crippen molar-refractivity contribution in [2.75, 3.05) is 42.5 Å². The second kappa shape index (κ2) is 8.95. The number of carbonyl (C=O) groups is 1. The normalized spacial score (nSPS) is 18.8. The Morgan fingerprint density at radius 1 is 0.941 bits per heavy atom. The summed E-state index contributed by atoms with van der Waals surface area (Å²) in [4.78, 5) is 25.0. The molecule has 2 aliphatic heterocycles. The smallest absolute Gasteiger partial charge is 0.294 e. The lowest BCUT2D eigenvalue weighted by atomic mass is 9.94. The van der Waals surface area contributed by atoms with Gasteiger partial charge in [0.1, 0.15) is 5.82 Å². The molecule has 1 amide bonds. The van der Waals surface area contributed by atoms with Gasteiger partial charge in [-0.25, -0.2) is 4.98 Å². The Morgan fingerprint density at radius 3 is 2.62 bits per heavy atom. The summed E-state index contributed by atoms with van der Waals surface area (Å²) in [5.74, 6) is 1.41. The highest BCUT2D eigenvalue weighted by Gasteiger charge is 2.34. The van der Waals surface area contributed by atoms with E-state index in [0.29, 0.717) is 5.76 Å². The molecule has 0 N–H and O–H groups in total. The summed E-state index contributed by atoms with van der Waals surface area (Å²) >= 11 is 0. The highest BCUT2D eigenvalue weighted by Crippen LogP contribution is 2.33. The Morgan fingerprint density at radius 2 is 1.76 bits per heavy atom. The van der Waals surface area contributed by atoms with Gasteiger partial charge in [-0.05, 0) is 48.1 Å². The van der Waals surface area contributed by atoms with Crippen LogP contribution in [-0.4, -0.2) is 54.6 Å². The highest BCUT2D eigenvalue weighted by molar-refractivity contribution is 6.05. The van der Waals surface area contributed by atoms with Crippen molar-refractivity contribution in [2.24, 2.45) is 0 Å². The number of rotatable bonds is 4. The molecule has 1 saturated heterocycles. The molecule has 0 bridgehead atoms. The quantitative estimate of drug-likeness (QED) is 0.453. The molecule has 0 radical (unpaired) electrons. The molecule has 0 saturated carbocycles. The molecule has 4 heterocycles. The van der Waals surface area contributed by atoms with Crippen LogP contribution in [0.1, 0.15) is 22.5 Å². The number of aryl methyl sites for hydroxylation is 1. The monoisotopic (exact) mass is 452 g/mol. The molecule has 1 fully saturated rings. The number of amides is 1. The summed E-state index contributed by atoms with van der Waals surface area (Å²) in [6.45, 7) is 4.61. The largest absolute Gasteiger partial charge is 0.459 e. The Labute approximate surface area is 199 Å². The summed E-state index contributed by atoms with van der Waals surface area (Å²) in [6.07, 6.45) is 5.41. The summed E-state index contributed by atoms with van der Waals surface area (Å²) in [7, 11) is 0. The zero-order valence-corrected chi connectivity index (χ0v) is 19.1. The topological polar surface area (TPSA) is 52.8 Å². The molecule has 1 unspecified atom stereocenters. The zero-order valence-electron chi connectivity index (χ0n) is 19.1. The number of aromatic nitrogens is 1. The van der Waals surface area contributed by atoms with Crippen LogP contribution in [0.3, 0.4) is 0 Å². The maximum atomic E-state index is 13.4. The summed E-state index contributed by atoms with van der Waals surface area (Å²) in [5.41, 5.74) is 2.24. The van der Waals surface area contributed by atoms with E-state index in [1.54, 1.807) is 18.4 Å². The lowest BCUT2D eigenvalue weighted by Gasteiger charge is -2.42. The first kappa shape index (κ1) is 20.9. The van der Waals surface area contributed by atoms with Gasteiger partial charge in [-0.3, -0.25) is 9.69 Å². The van der Waals surface area contributed by atoms with E-state index in [1.807, 2.05) is 17.2 Å². The Bertz CT molecular complexity index is 1290. The van der Waals surface area contributed by atoms with Gasteiger partial charge < -0.3 is 14.2 Å². The molecule has 1 atom stereocenters. The van der Waals surface area contributed by atoms with Crippen molar-refractivity contribution in [3.63, 3.8) is 0 Å². The number of fused-ring (bicyclic) bond motifs is 2. The van der Waals surface area contributed by atoms with E-state index in [9.17, 15) is 4.79 Å². The summed E-state index contributed by atoms with van der Waals surface area (Å²) < 4.78 is 5.48. The van der Waals surface area contributed by atoms with Crippen molar-refractivity contribution in [2.45, 2.75) is 18.9 Å². The van der Waals surface area contributed by atoms with Crippen LogP contribution >= 0.6 is 0 Å². The van der Waals surface area contributed by atoms with Crippen LogP contribution in [0.15, 0.2) is 83.6 Å². The fourth-order valence-electron chi connectivity index (χ4n) is 5.37. The lowest BCUT2D eigenvalue weighted by molar-refractivity contribution is 0.0936. The molecule has 2 aromatic carbocycles. The predicted octanol–water partition coefficient (Wildman–Crippen LogP) is 4.61. The first-order valence-electron chi connectivity index (χ1n) is 12.0. The molecule has 34 heavy (non-hydrogen) atoms. The number of benzene rings is 2. The van der Waals surface area contributed by atoms with Gasteiger partial charge in [0.25, 0.3) is 5.91 Å². The molecule has 172 valence electrons. The number of para-hydroxylation sites is 1. The second-order valence-corrected chi connectivity index (χ2v) is 9.12. The standard InChI is InChI=1S/C28H28N4O2/c33-28(26-10-5-19-34-26)32-23(12-11-22-7-2-4-9-25(22)32)20-30-15-17-31(18-16-30)27-24-8-3-1-6-21(24)13-14-29-27/h1-10,13-14,19,23H,11-12,15-18,20H2. The minimum atomic E-state index is -0.0549. The molecule has 6 rings (SSSR count). The third-order valence-corrected chi connectivity index (χ3v) is 7.11.